The summed E-state index contributed by atoms with van der Waals surface area (Å²) in [6.07, 6.45) is 0. The van der Waals surface area contributed by atoms with Crippen LogP contribution in [0.15, 0.2) is 42.5 Å². The number of hydrogen-bond acceptors (Lipinski definition) is 2. The van der Waals surface area contributed by atoms with E-state index in [1.807, 2.05) is 43.0 Å². The highest BCUT2D eigenvalue weighted by molar-refractivity contribution is 5.88. The highest BCUT2D eigenvalue weighted by Crippen LogP contribution is 2.29. The van der Waals surface area contributed by atoms with Crippen molar-refractivity contribution in [2.45, 2.75) is 13.8 Å². The predicted molar refractivity (Wildman–Crippen MR) is 77.2 cm³/mol. The largest absolute Gasteiger partial charge is 0.478 e. The molecule has 20 heavy (non-hydrogen) atoms. The van der Waals surface area contributed by atoms with Gasteiger partial charge in [0, 0.05) is 17.9 Å². The van der Waals surface area contributed by atoms with Gasteiger partial charge >= 0.3 is 5.97 Å². The van der Waals surface area contributed by atoms with Crippen LogP contribution >= 0.6 is 0 Å². The van der Waals surface area contributed by atoms with E-state index >= 15 is 0 Å². The van der Waals surface area contributed by atoms with Crippen LogP contribution in [0.25, 0.3) is 0 Å². The zero-order valence-corrected chi connectivity index (χ0v) is 11.4. The Morgan fingerprint density at radius 1 is 1.25 bits per heavy atom. The van der Waals surface area contributed by atoms with E-state index in [2.05, 4.69) is 0 Å². The Morgan fingerprint density at radius 3 is 2.50 bits per heavy atom. The SMILES string of the molecule is CCN(c1ccc(C(=O)O)c(F)c1)c1ccccc1C. The number of carbonyl (C=O) groups is 1. The molecule has 0 fully saturated rings. The number of carboxylic acids is 1. The van der Waals surface area contributed by atoms with E-state index in [0.717, 1.165) is 11.3 Å². The molecule has 0 heterocycles. The van der Waals surface area contributed by atoms with Crippen LogP contribution in [0.4, 0.5) is 15.8 Å². The molecule has 0 bridgehead atoms. The third-order valence-electron chi connectivity index (χ3n) is 3.22. The number of aryl methyl sites for hydroxylation is 1. The van der Waals surface area contributed by atoms with Gasteiger partial charge in [0.25, 0.3) is 0 Å². The number of para-hydroxylation sites is 1. The van der Waals surface area contributed by atoms with Crippen molar-refractivity contribution in [3.05, 3.63) is 59.4 Å². The quantitative estimate of drug-likeness (QED) is 0.915. The molecule has 0 amide bonds. The first kappa shape index (κ1) is 14.1. The molecular formula is C16H16FNO2. The molecule has 0 aliphatic rings. The van der Waals surface area contributed by atoms with Crippen molar-refractivity contribution in [1.82, 2.24) is 0 Å². The third-order valence-corrected chi connectivity index (χ3v) is 3.22. The Morgan fingerprint density at radius 2 is 1.95 bits per heavy atom. The third kappa shape index (κ3) is 2.64. The minimum absolute atomic E-state index is 0.311. The van der Waals surface area contributed by atoms with E-state index < -0.39 is 11.8 Å². The lowest BCUT2D eigenvalue weighted by Crippen LogP contribution is -2.17. The normalized spacial score (nSPS) is 10.3. The monoisotopic (exact) mass is 273 g/mol. The van der Waals surface area contributed by atoms with Gasteiger partial charge < -0.3 is 10.0 Å². The zero-order valence-electron chi connectivity index (χ0n) is 11.4. The van der Waals surface area contributed by atoms with E-state index in [0.29, 0.717) is 12.2 Å². The Hall–Kier alpha value is -2.36. The predicted octanol–water partition coefficient (Wildman–Crippen LogP) is 3.99. The maximum absolute atomic E-state index is 13.8. The zero-order chi connectivity index (χ0) is 14.7. The minimum atomic E-state index is -1.26. The van der Waals surface area contributed by atoms with Gasteiger partial charge in [0.2, 0.25) is 0 Å². The van der Waals surface area contributed by atoms with Gasteiger partial charge in [-0.2, -0.15) is 0 Å². The van der Waals surface area contributed by atoms with Crippen molar-refractivity contribution < 1.29 is 14.3 Å². The number of carboxylic acid groups (broad SMARTS) is 1. The second-order valence-electron chi connectivity index (χ2n) is 4.50. The molecule has 0 aliphatic heterocycles. The van der Waals surface area contributed by atoms with Crippen LogP contribution in [-0.4, -0.2) is 17.6 Å². The van der Waals surface area contributed by atoms with E-state index in [9.17, 15) is 9.18 Å². The minimum Gasteiger partial charge on any atom is -0.478 e. The maximum Gasteiger partial charge on any atom is 0.338 e. The first-order valence-corrected chi connectivity index (χ1v) is 6.40. The van der Waals surface area contributed by atoms with Crippen molar-refractivity contribution in [3.8, 4) is 0 Å². The Kier molecular flexibility index (Phi) is 4.03. The highest BCUT2D eigenvalue weighted by Gasteiger charge is 2.14. The van der Waals surface area contributed by atoms with Gasteiger partial charge in [0.05, 0.1) is 5.56 Å². The van der Waals surface area contributed by atoms with Gasteiger partial charge in [0.15, 0.2) is 0 Å². The molecule has 4 heteroatoms. The van der Waals surface area contributed by atoms with Crippen LogP contribution in [0.2, 0.25) is 0 Å². The van der Waals surface area contributed by atoms with E-state index in [-0.39, 0.29) is 5.56 Å². The van der Waals surface area contributed by atoms with Crippen molar-refractivity contribution in [2.75, 3.05) is 11.4 Å². The van der Waals surface area contributed by atoms with Gasteiger partial charge in [-0.15, -0.1) is 0 Å². The summed E-state index contributed by atoms with van der Waals surface area (Å²) in [5.41, 5.74) is 2.40. The van der Waals surface area contributed by atoms with Gasteiger partial charge in [-0.05, 0) is 43.7 Å². The van der Waals surface area contributed by atoms with Crippen LogP contribution in [-0.2, 0) is 0 Å². The molecule has 3 nitrogen and oxygen atoms in total. The second-order valence-corrected chi connectivity index (χ2v) is 4.50. The molecule has 0 atom stereocenters. The number of aromatic carboxylic acids is 1. The van der Waals surface area contributed by atoms with Crippen LogP contribution in [0.3, 0.4) is 0 Å². The van der Waals surface area contributed by atoms with Gasteiger partial charge in [-0.1, -0.05) is 18.2 Å². The maximum atomic E-state index is 13.8. The van der Waals surface area contributed by atoms with Crippen LogP contribution in [0.5, 0.6) is 0 Å². The van der Waals surface area contributed by atoms with Crippen molar-refractivity contribution in [3.63, 3.8) is 0 Å². The molecule has 1 N–H and O–H groups in total. The molecule has 0 aromatic heterocycles. The smallest absolute Gasteiger partial charge is 0.338 e. The lowest BCUT2D eigenvalue weighted by molar-refractivity contribution is 0.0692. The molecule has 0 aliphatic carbocycles. The average molecular weight is 273 g/mol. The van der Waals surface area contributed by atoms with Crippen LogP contribution in [0.1, 0.15) is 22.8 Å². The topological polar surface area (TPSA) is 40.5 Å². The summed E-state index contributed by atoms with van der Waals surface area (Å²) >= 11 is 0. The van der Waals surface area contributed by atoms with E-state index in [4.69, 9.17) is 5.11 Å². The summed E-state index contributed by atoms with van der Waals surface area (Å²) in [5.74, 6) is -1.98. The van der Waals surface area contributed by atoms with Gasteiger partial charge in [-0.3, -0.25) is 0 Å². The first-order chi connectivity index (χ1) is 9.54. The molecule has 2 aromatic rings. The molecule has 104 valence electrons. The fourth-order valence-corrected chi connectivity index (χ4v) is 2.20. The number of nitrogens with zero attached hydrogens (tertiary/aromatic N) is 1. The first-order valence-electron chi connectivity index (χ1n) is 6.40. The molecule has 0 radical (unpaired) electrons. The summed E-state index contributed by atoms with van der Waals surface area (Å²) in [6, 6.07) is 12.0. The molecule has 0 saturated heterocycles. The molecular weight excluding hydrogens is 257 g/mol. The molecule has 0 unspecified atom stereocenters. The van der Waals surface area contributed by atoms with E-state index in [1.54, 1.807) is 6.07 Å². The van der Waals surface area contributed by atoms with E-state index in [1.165, 1.54) is 12.1 Å². The molecule has 2 rings (SSSR count). The molecule has 0 spiro atoms. The summed E-state index contributed by atoms with van der Waals surface area (Å²) in [7, 11) is 0. The second kappa shape index (κ2) is 5.74. The lowest BCUT2D eigenvalue weighted by atomic mass is 10.1. The average Bonchev–Trinajstić information content (AvgIpc) is 2.41. The Balaban J connectivity index is 2.46. The summed E-state index contributed by atoms with van der Waals surface area (Å²) < 4.78 is 13.8. The summed E-state index contributed by atoms with van der Waals surface area (Å²) in [4.78, 5) is 12.8. The van der Waals surface area contributed by atoms with Crippen molar-refractivity contribution in [1.29, 1.82) is 0 Å². The number of rotatable bonds is 4. The fourth-order valence-electron chi connectivity index (χ4n) is 2.20. The number of halogens is 1. The van der Waals surface area contributed by atoms with Gasteiger partial charge in [0.1, 0.15) is 5.82 Å². The van der Waals surface area contributed by atoms with Gasteiger partial charge in [-0.25, -0.2) is 9.18 Å². The summed E-state index contributed by atoms with van der Waals surface area (Å²) in [5, 5.41) is 8.86. The van der Waals surface area contributed by atoms with Crippen LogP contribution < -0.4 is 4.90 Å². The lowest BCUT2D eigenvalue weighted by Gasteiger charge is -2.25. The summed E-state index contributed by atoms with van der Waals surface area (Å²) in [6.45, 7) is 4.62. The van der Waals surface area contributed by atoms with Crippen LogP contribution in [0, 0.1) is 12.7 Å². The standard InChI is InChI=1S/C16H16FNO2/c1-3-18(15-7-5-4-6-11(15)2)12-8-9-13(16(19)20)14(17)10-12/h4-10H,3H2,1-2H3,(H,19,20). The molecule has 2 aromatic carbocycles. The van der Waals surface area contributed by atoms with Crippen molar-refractivity contribution >= 4 is 17.3 Å². The van der Waals surface area contributed by atoms with Crippen molar-refractivity contribution in [2.24, 2.45) is 0 Å². The molecule has 0 saturated carbocycles. The Bertz CT molecular complexity index is 640. The number of anilines is 2. The Labute approximate surface area is 117 Å². The fraction of sp³-hybridized carbons (Fsp3) is 0.188. The number of benzene rings is 2. The number of hydrogen-bond donors (Lipinski definition) is 1. The highest BCUT2D eigenvalue weighted by atomic mass is 19.1.